The van der Waals surface area contributed by atoms with Crippen LogP contribution in [0.25, 0.3) is 10.1 Å². The zero-order valence-electron chi connectivity index (χ0n) is 10.7. The summed E-state index contributed by atoms with van der Waals surface area (Å²) in [4.78, 5) is 1.21. The summed E-state index contributed by atoms with van der Waals surface area (Å²) in [6, 6.07) is 10.6. The molecule has 1 aromatic carbocycles. The fourth-order valence-corrected chi connectivity index (χ4v) is 3.34. The molecule has 4 nitrogen and oxygen atoms in total. The first-order valence-electron chi connectivity index (χ1n) is 6.28. The standard InChI is InChI=1S/C14H16N4S/c1-2-18-9-11(8-16-18)14(17-15)13-7-10-5-3-4-6-12(10)19-13/h3-9,14,17H,2,15H2,1H3. The molecule has 1 atom stereocenters. The lowest BCUT2D eigenvalue weighted by molar-refractivity contribution is 0.637. The van der Waals surface area contributed by atoms with Crippen molar-refractivity contribution in [2.75, 3.05) is 0 Å². The van der Waals surface area contributed by atoms with Crippen molar-refractivity contribution in [1.82, 2.24) is 15.2 Å². The van der Waals surface area contributed by atoms with Gasteiger partial charge in [0, 0.05) is 27.9 Å². The Hall–Kier alpha value is -1.69. The lowest BCUT2D eigenvalue weighted by atomic mass is 10.1. The van der Waals surface area contributed by atoms with E-state index in [0.29, 0.717) is 0 Å². The summed E-state index contributed by atoms with van der Waals surface area (Å²) in [6.45, 7) is 2.94. The molecule has 1 unspecified atom stereocenters. The van der Waals surface area contributed by atoms with Crippen LogP contribution in [-0.2, 0) is 6.54 Å². The number of aryl methyl sites for hydroxylation is 1. The summed E-state index contributed by atoms with van der Waals surface area (Å²) in [5.74, 6) is 5.73. The minimum atomic E-state index is -0.00213. The number of benzene rings is 1. The maximum absolute atomic E-state index is 5.73. The van der Waals surface area contributed by atoms with Gasteiger partial charge in [0.25, 0.3) is 0 Å². The van der Waals surface area contributed by atoms with Crippen LogP contribution in [0.2, 0.25) is 0 Å². The molecular weight excluding hydrogens is 256 g/mol. The van der Waals surface area contributed by atoms with Gasteiger partial charge in [0.1, 0.15) is 0 Å². The Labute approximate surface area is 115 Å². The summed E-state index contributed by atoms with van der Waals surface area (Å²) in [6.07, 6.45) is 3.91. The van der Waals surface area contributed by atoms with Gasteiger partial charge >= 0.3 is 0 Å². The molecule has 5 heteroatoms. The molecule has 0 bridgehead atoms. The van der Waals surface area contributed by atoms with Gasteiger partial charge < -0.3 is 0 Å². The number of aromatic nitrogens is 2. The van der Waals surface area contributed by atoms with E-state index >= 15 is 0 Å². The van der Waals surface area contributed by atoms with Gasteiger partial charge in [-0.25, -0.2) is 5.43 Å². The second kappa shape index (κ2) is 5.13. The van der Waals surface area contributed by atoms with E-state index in [4.69, 9.17) is 5.84 Å². The molecule has 0 aliphatic rings. The molecule has 0 radical (unpaired) electrons. The van der Waals surface area contributed by atoms with Gasteiger partial charge in [0.2, 0.25) is 0 Å². The monoisotopic (exact) mass is 272 g/mol. The second-order valence-corrected chi connectivity index (χ2v) is 5.53. The van der Waals surface area contributed by atoms with E-state index in [-0.39, 0.29) is 6.04 Å². The van der Waals surface area contributed by atoms with Crippen molar-refractivity contribution in [3.63, 3.8) is 0 Å². The molecule has 0 saturated heterocycles. The topological polar surface area (TPSA) is 55.9 Å². The van der Waals surface area contributed by atoms with Gasteiger partial charge in [0.05, 0.1) is 12.2 Å². The van der Waals surface area contributed by atoms with Crippen LogP contribution in [0, 0.1) is 0 Å². The Bertz CT molecular complexity index is 652. The highest BCUT2D eigenvalue weighted by Gasteiger charge is 2.16. The van der Waals surface area contributed by atoms with Crippen LogP contribution in [0.15, 0.2) is 42.7 Å². The van der Waals surface area contributed by atoms with Crippen LogP contribution in [0.3, 0.4) is 0 Å². The smallest absolute Gasteiger partial charge is 0.0833 e. The third-order valence-corrected chi connectivity index (χ3v) is 4.39. The van der Waals surface area contributed by atoms with Crippen LogP contribution in [0.4, 0.5) is 0 Å². The number of nitrogens with two attached hydrogens (primary N) is 1. The SMILES string of the molecule is CCn1cc(C(NN)c2cc3ccccc3s2)cn1. The lowest BCUT2D eigenvalue weighted by Gasteiger charge is -2.11. The predicted molar refractivity (Wildman–Crippen MR) is 78.9 cm³/mol. The van der Waals surface area contributed by atoms with Gasteiger partial charge in [-0.2, -0.15) is 5.10 Å². The maximum atomic E-state index is 5.73. The predicted octanol–water partition coefficient (Wildman–Crippen LogP) is 2.67. The summed E-state index contributed by atoms with van der Waals surface area (Å²) in [7, 11) is 0. The normalized spacial score (nSPS) is 12.9. The summed E-state index contributed by atoms with van der Waals surface area (Å²) < 4.78 is 3.19. The van der Waals surface area contributed by atoms with E-state index < -0.39 is 0 Å². The number of hydrogen-bond donors (Lipinski definition) is 2. The first-order chi connectivity index (χ1) is 9.31. The highest BCUT2D eigenvalue weighted by atomic mass is 32.1. The van der Waals surface area contributed by atoms with Gasteiger partial charge in [-0.05, 0) is 24.4 Å². The fraction of sp³-hybridized carbons (Fsp3) is 0.214. The van der Waals surface area contributed by atoms with Crippen molar-refractivity contribution >= 4 is 21.4 Å². The van der Waals surface area contributed by atoms with Crippen molar-refractivity contribution in [2.45, 2.75) is 19.5 Å². The summed E-state index contributed by atoms with van der Waals surface area (Å²) in [5, 5.41) is 5.56. The van der Waals surface area contributed by atoms with E-state index in [1.165, 1.54) is 15.0 Å². The molecular formula is C14H16N4S. The maximum Gasteiger partial charge on any atom is 0.0833 e. The summed E-state index contributed by atoms with van der Waals surface area (Å²) in [5.41, 5.74) is 3.98. The number of nitrogens with one attached hydrogen (secondary N) is 1. The Kier molecular flexibility index (Phi) is 3.33. The zero-order valence-corrected chi connectivity index (χ0v) is 11.5. The lowest BCUT2D eigenvalue weighted by Crippen LogP contribution is -2.27. The largest absolute Gasteiger partial charge is 0.273 e. The van der Waals surface area contributed by atoms with E-state index in [2.05, 4.69) is 47.8 Å². The average Bonchev–Trinajstić information content (AvgIpc) is 3.05. The van der Waals surface area contributed by atoms with E-state index in [1.807, 2.05) is 17.1 Å². The van der Waals surface area contributed by atoms with Crippen molar-refractivity contribution in [3.8, 4) is 0 Å². The van der Waals surface area contributed by atoms with Gasteiger partial charge in [-0.3, -0.25) is 10.5 Å². The Balaban J connectivity index is 2.01. The first kappa shape index (κ1) is 12.3. The Morgan fingerprint density at radius 2 is 2.26 bits per heavy atom. The number of thiophene rings is 1. The van der Waals surface area contributed by atoms with Crippen LogP contribution < -0.4 is 11.3 Å². The van der Waals surface area contributed by atoms with Crippen LogP contribution in [0.5, 0.6) is 0 Å². The van der Waals surface area contributed by atoms with Crippen molar-refractivity contribution < 1.29 is 0 Å². The molecule has 2 heterocycles. The van der Waals surface area contributed by atoms with Crippen LogP contribution >= 0.6 is 11.3 Å². The molecule has 98 valence electrons. The number of fused-ring (bicyclic) bond motifs is 1. The zero-order chi connectivity index (χ0) is 13.2. The number of hydrogen-bond acceptors (Lipinski definition) is 4. The van der Waals surface area contributed by atoms with Gasteiger partial charge in [-0.1, -0.05) is 18.2 Å². The van der Waals surface area contributed by atoms with Crippen LogP contribution in [0.1, 0.15) is 23.4 Å². The minimum absolute atomic E-state index is 0.00213. The van der Waals surface area contributed by atoms with E-state index in [9.17, 15) is 0 Å². The second-order valence-electron chi connectivity index (χ2n) is 4.42. The van der Waals surface area contributed by atoms with Crippen LogP contribution in [-0.4, -0.2) is 9.78 Å². The Morgan fingerprint density at radius 3 is 2.95 bits per heavy atom. The van der Waals surface area contributed by atoms with Crippen molar-refractivity contribution in [2.24, 2.45) is 5.84 Å². The third-order valence-electron chi connectivity index (χ3n) is 3.21. The molecule has 0 fully saturated rings. The first-order valence-corrected chi connectivity index (χ1v) is 7.10. The Morgan fingerprint density at radius 1 is 1.42 bits per heavy atom. The third kappa shape index (κ3) is 2.28. The number of rotatable bonds is 4. The molecule has 3 rings (SSSR count). The molecule has 0 aliphatic carbocycles. The van der Waals surface area contributed by atoms with Crippen molar-refractivity contribution in [1.29, 1.82) is 0 Å². The molecule has 3 N–H and O–H groups in total. The number of nitrogens with zero attached hydrogens (tertiary/aromatic N) is 2. The minimum Gasteiger partial charge on any atom is -0.273 e. The van der Waals surface area contributed by atoms with E-state index in [0.717, 1.165) is 12.1 Å². The van der Waals surface area contributed by atoms with Gasteiger partial charge in [0.15, 0.2) is 0 Å². The highest BCUT2D eigenvalue weighted by molar-refractivity contribution is 7.19. The summed E-state index contributed by atoms with van der Waals surface area (Å²) >= 11 is 1.76. The average molecular weight is 272 g/mol. The van der Waals surface area contributed by atoms with Gasteiger partial charge in [-0.15, -0.1) is 11.3 Å². The molecule has 0 spiro atoms. The molecule has 19 heavy (non-hydrogen) atoms. The molecule has 3 aromatic rings. The molecule has 0 aliphatic heterocycles. The highest BCUT2D eigenvalue weighted by Crippen LogP contribution is 2.32. The van der Waals surface area contributed by atoms with Crippen molar-refractivity contribution in [3.05, 3.63) is 53.2 Å². The molecule has 0 saturated carbocycles. The molecule has 0 amide bonds. The number of hydrazine groups is 1. The fourth-order valence-electron chi connectivity index (χ4n) is 2.19. The van der Waals surface area contributed by atoms with E-state index in [1.54, 1.807) is 11.3 Å². The molecule has 2 aromatic heterocycles. The quantitative estimate of drug-likeness (QED) is 0.567.